The third-order valence-corrected chi connectivity index (χ3v) is 11.7. The van der Waals surface area contributed by atoms with Gasteiger partial charge in [0.25, 0.3) is 10.1 Å². The third-order valence-electron chi connectivity index (χ3n) is 10.8. The molecule has 0 aromatic heterocycles. The summed E-state index contributed by atoms with van der Waals surface area (Å²) in [7, 11) is -4.34. The quantitative estimate of drug-likeness (QED) is 0.325. The molecule has 1 saturated heterocycles. The fourth-order valence-corrected chi connectivity index (χ4v) is 10.2. The van der Waals surface area contributed by atoms with Crippen molar-refractivity contribution in [2.45, 2.75) is 62.0 Å². The fourth-order valence-electron chi connectivity index (χ4n) is 9.69. The van der Waals surface area contributed by atoms with Crippen LogP contribution in [0.1, 0.15) is 44.9 Å². The van der Waals surface area contributed by atoms with Gasteiger partial charge >= 0.3 is 17.9 Å². The van der Waals surface area contributed by atoms with Gasteiger partial charge in [0.15, 0.2) is 0 Å². The Balaban J connectivity index is 1.03. The number of esters is 3. The number of fused-ring (bicyclic) bond motifs is 2. The molecule has 1 aliphatic heterocycles. The topological polar surface area (TPSA) is 133 Å². The minimum atomic E-state index is -4.34. The molecule has 1 N–H and O–H groups in total. The number of benzene rings is 2. The maximum absolute atomic E-state index is 13.7. The molecule has 6 saturated carbocycles. The SMILES string of the molecule is O=C1OC2C3CC(C2OC(=O)C24CC5CC(CC(C5)C2)C4)C(C(=O)Oc2ccc4cc(S(=O)(=O)O)ccc4c2)C13. The molecule has 7 fully saturated rings. The van der Waals surface area contributed by atoms with E-state index in [2.05, 4.69) is 0 Å². The second kappa shape index (κ2) is 8.28. The van der Waals surface area contributed by atoms with Gasteiger partial charge in [-0.15, -0.1) is 0 Å². The van der Waals surface area contributed by atoms with Crippen molar-refractivity contribution in [3.05, 3.63) is 36.4 Å². The number of hydrogen-bond donors (Lipinski definition) is 1. The van der Waals surface area contributed by atoms with Gasteiger partial charge in [-0.1, -0.05) is 12.1 Å². The highest BCUT2D eigenvalue weighted by molar-refractivity contribution is 7.85. The Kier molecular flexibility index (Phi) is 5.13. The molecule has 2 aromatic rings. The number of rotatable bonds is 5. The van der Waals surface area contributed by atoms with Gasteiger partial charge in [0.05, 0.1) is 22.1 Å². The summed E-state index contributed by atoms with van der Waals surface area (Å²) in [6.07, 6.45) is 5.73. The van der Waals surface area contributed by atoms with E-state index in [1.165, 1.54) is 37.5 Å². The molecule has 9 nitrogen and oxygen atoms in total. The van der Waals surface area contributed by atoms with Crippen molar-refractivity contribution < 1.29 is 41.6 Å². The fraction of sp³-hybridized carbons (Fsp3) is 0.567. The van der Waals surface area contributed by atoms with Gasteiger partial charge in [-0.2, -0.15) is 8.42 Å². The van der Waals surface area contributed by atoms with E-state index in [9.17, 15) is 27.4 Å². The second-order valence-electron chi connectivity index (χ2n) is 13.2. The lowest BCUT2D eigenvalue weighted by Crippen LogP contribution is -2.53. The van der Waals surface area contributed by atoms with Crippen molar-refractivity contribution >= 4 is 38.8 Å². The van der Waals surface area contributed by atoms with Crippen LogP contribution in [-0.4, -0.2) is 43.1 Å². The second-order valence-corrected chi connectivity index (χ2v) is 14.6. The van der Waals surface area contributed by atoms with E-state index in [-0.39, 0.29) is 28.5 Å². The molecule has 0 amide bonds. The van der Waals surface area contributed by atoms with Gasteiger partial charge in [0.1, 0.15) is 18.0 Å². The molecular formula is C30H30O9S. The molecular weight excluding hydrogens is 536 g/mol. The average Bonchev–Trinajstić information content (AvgIpc) is 3.51. The van der Waals surface area contributed by atoms with Crippen LogP contribution in [0.25, 0.3) is 10.8 Å². The van der Waals surface area contributed by atoms with Crippen LogP contribution in [0, 0.1) is 46.8 Å². The summed E-state index contributed by atoms with van der Waals surface area (Å²) in [6, 6.07) is 8.88. The van der Waals surface area contributed by atoms with E-state index in [1.807, 2.05) is 0 Å². The number of carbonyl (C=O) groups excluding carboxylic acids is 3. The van der Waals surface area contributed by atoms with Crippen LogP contribution >= 0.6 is 0 Å². The first-order valence-corrected chi connectivity index (χ1v) is 15.7. The zero-order valence-corrected chi connectivity index (χ0v) is 22.5. The van der Waals surface area contributed by atoms with Crippen LogP contribution in [0.5, 0.6) is 5.75 Å². The van der Waals surface area contributed by atoms with Gasteiger partial charge in [0.2, 0.25) is 0 Å². The molecule has 1 heterocycles. The molecule has 7 aliphatic rings. The van der Waals surface area contributed by atoms with Gasteiger partial charge in [-0.3, -0.25) is 18.9 Å². The zero-order chi connectivity index (χ0) is 27.6. The molecule has 2 aromatic carbocycles. The van der Waals surface area contributed by atoms with Crippen LogP contribution < -0.4 is 4.74 Å². The van der Waals surface area contributed by atoms with E-state index in [4.69, 9.17) is 14.2 Å². The van der Waals surface area contributed by atoms with Crippen molar-refractivity contribution in [2.75, 3.05) is 0 Å². The van der Waals surface area contributed by atoms with Crippen molar-refractivity contribution in [3.63, 3.8) is 0 Å². The van der Waals surface area contributed by atoms with E-state index >= 15 is 0 Å². The average molecular weight is 567 g/mol. The zero-order valence-electron chi connectivity index (χ0n) is 21.7. The number of carbonyl (C=O) groups is 3. The molecule has 6 unspecified atom stereocenters. The number of hydrogen-bond acceptors (Lipinski definition) is 8. The Hall–Kier alpha value is -2.98. The first kappa shape index (κ1) is 24.8. The van der Waals surface area contributed by atoms with Gasteiger partial charge in [-0.05, 0) is 97.7 Å². The Bertz CT molecular complexity index is 1540. The first-order valence-electron chi connectivity index (χ1n) is 14.2. The van der Waals surface area contributed by atoms with E-state index in [0.29, 0.717) is 34.9 Å². The Labute approximate surface area is 231 Å². The molecule has 0 spiro atoms. The lowest BCUT2D eigenvalue weighted by Gasteiger charge is -2.55. The highest BCUT2D eigenvalue weighted by Gasteiger charge is 2.71. The maximum atomic E-state index is 13.7. The van der Waals surface area contributed by atoms with Crippen LogP contribution in [0.4, 0.5) is 0 Å². The lowest BCUT2D eigenvalue weighted by atomic mass is 9.49. The monoisotopic (exact) mass is 566 g/mol. The third kappa shape index (κ3) is 3.61. The van der Waals surface area contributed by atoms with Crippen molar-refractivity contribution in [3.8, 4) is 5.75 Å². The molecule has 0 radical (unpaired) electrons. The molecule has 40 heavy (non-hydrogen) atoms. The predicted molar refractivity (Wildman–Crippen MR) is 138 cm³/mol. The normalized spacial score (nSPS) is 40.4. The Morgan fingerprint density at radius 2 is 1.55 bits per heavy atom. The molecule has 9 rings (SSSR count). The van der Waals surface area contributed by atoms with Crippen LogP contribution in [0.15, 0.2) is 41.3 Å². The largest absolute Gasteiger partial charge is 0.458 e. The van der Waals surface area contributed by atoms with E-state index in [1.54, 1.807) is 18.2 Å². The number of ether oxygens (including phenoxy) is 3. The summed E-state index contributed by atoms with van der Waals surface area (Å²) in [6.45, 7) is 0. The first-order chi connectivity index (χ1) is 19.1. The molecule has 10 heteroatoms. The summed E-state index contributed by atoms with van der Waals surface area (Å²) in [5, 5.41) is 1.17. The van der Waals surface area contributed by atoms with E-state index < -0.39 is 51.5 Å². The van der Waals surface area contributed by atoms with Crippen LogP contribution in [0.3, 0.4) is 0 Å². The molecule has 6 bridgehead atoms. The molecule has 6 aliphatic carbocycles. The highest BCUT2D eigenvalue weighted by Crippen LogP contribution is 2.62. The van der Waals surface area contributed by atoms with Gasteiger partial charge < -0.3 is 14.2 Å². The summed E-state index contributed by atoms with van der Waals surface area (Å²) < 4.78 is 49.9. The maximum Gasteiger partial charge on any atom is 0.315 e. The molecule has 210 valence electrons. The van der Waals surface area contributed by atoms with Crippen molar-refractivity contribution in [2.24, 2.45) is 46.8 Å². The van der Waals surface area contributed by atoms with Crippen molar-refractivity contribution in [1.29, 1.82) is 0 Å². The molecule has 6 atom stereocenters. The van der Waals surface area contributed by atoms with Crippen LogP contribution in [-0.2, 0) is 34.0 Å². The summed E-state index contributed by atoms with van der Waals surface area (Å²) in [4.78, 5) is 39.9. The lowest BCUT2D eigenvalue weighted by molar-refractivity contribution is -0.187. The predicted octanol–water partition coefficient (Wildman–Crippen LogP) is 3.93. The van der Waals surface area contributed by atoms with Crippen LogP contribution in [0.2, 0.25) is 0 Å². The summed E-state index contributed by atoms with van der Waals surface area (Å²) >= 11 is 0. The van der Waals surface area contributed by atoms with Gasteiger partial charge in [-0.25, -0.2) is 0 Å². The summed E-state index contributed by atoms with van der Waals surface area (Å²) in [5.41, 5.74) is -0.436. The standard InChI is InChI=1S/C30H30O9S/c31-27(37-19-3-1-18-9-20(40(34,35)36)4-2-17(18)8-19)23-22-10-21-24(23)28(32)38-25(21)26(22)39-29(33)30-11-14-5-15(12-30)7-16(6-14)13-30/h1-4,8-9,14-16,21-26H,5-7,10-13H2,(H,34,35,36). The Morgan fingerprint density at radius 3 is 2.23 bits per heavy atom. The minimum absolute atomic E-state index is 0.167. The van der Waals surface area contributed by atoms with Gasteiger partial charge in [0, 0.05) is 11.8 Å². The Morgan fingerprint density at radius 1 is 0.900 bits per heavy atom. The smallest absolute Gasteiger partial charge is 0.315 e. The minimum Gasteiger partial charge on any atom is -0.458 e. The summed E-state index contributed by atoms with van der Waals surface area (Å²) in [5.74, 6) is -0.986. The van der Waals surface area contributed by atoms with Crippen molar-refractivity contribution in [1.82, 2.24) is 0 Å². The highest BCUT2D eigenvalue weighted by atomic mass is 32.2. The van der Waals surface area contributed by atoms with E-state index in [0.717, 1.165) is 19.3 Å².